The lowest BCUT2D eigenvalue weighted by molar-refractivity contribution is -0.912. The van der Waals surface area contributed by atoms with E-state index >= 15 is 0 Å². The van der Waals surface area contributed by atoms with E-state index in [0.29, 0.717) is 28.1 Å². The lowest BCUT2D eigenvalue weighted by atomic mass is 10.1. The number of hydrogen-bond donors (Lipinski definition) is 1. The molecule has 2 amide bonds. The minimum absolute atomic E-state index is 0.206. The highest BCUT2D eigenvalue weighted by atomic mass is 35.5. The predicted molar refractivity (Wildman–Crippen MR) is 106 cm³/mol. The molecular weight excluding hydrogens is 384 g/mol. The van der Waals surface area contributed by atoms with E-state index in [9.17, 15) is 9.59 Å². The topological polar surface area (TPSA) is 55.0 Å². The number of amides is 2. The van der Waals surface area contributed by atoms with Gasteiger partial charge >= 0.3 is 0 Å². The summed E-state index contributed by atoms with van der Waals surface area (Å²) in [5, 5.41) is 0.394. The summed E-state index contributed by atoms with van der Waals surface area (Å²) in [7, 11) is 0. The van der Waals surface area contributed by atoms with Gasteiger partial charge in [0.1, 0.15) is 11.5 Å². The van der Waals surface area contributed by atoms with E-state index in [2.05, 4.69) is 0 Å². The van der Waals surface area contributed by atoms with Crippen molar-refractivity contribution in [1.82, 2.24) is 4.90 Å². The van der Waals surface area contributed by atoms with E-state index in [1.165, 1.54) is 16.2 Å². The number of benzene rings is 1. The zero-order valence-electron chi connectivity index (χ0n) is 14.7. The van der Waals surface area contributed by atoms with Crippen molar-refractivity contribution in [2.45, 2.75) is 19.3 Å². The lowest BCUT2D eigenvalue weighted by Crippen LogP contribution is -3.14. The predicted octanol–water partition coefficient (Wildman–Crippen LogP) is 3.66. The Morgan fingerprint density at radius 3 is 2.67 bits per heavy atom. The first-order valence-corrected chi connectivity index (χ1v) is 10.2. The first-order valence-electron chi connectivity index (χ1n) is 9.05. The fraction of sp³-hybridized carbons (Fsp3) is 0.300. The van der Waals surface area contributed by atoms with Gasteiger partial charge in [-0.15, -0.1) is 0 Å². The van der Waals surface area contributed by atoms with Crippen LogP contribution in [0, 0.1) is 0 Å². The Hall–Kier alpha value is -2.02. The number of piperidine rings is 1. The third kappa shape index (κ3) is 3.98. The van der Waals surface area contributed by atoms with Crippen LogP contribution in [0.25, 0.3) is 17.4 Å². The van der Waals surface area contributed by atoms with E-state index in [-0.39, 0.29) is 11.1 Å². The fourth-order valence-electron chi connectivity index (χ4n) is 3.44. The number of carbonyl (C=O) groups excluding carboxylic acids is 2. The van der Waals surface area contributed by atoms with Crippen molar-refractivity contribution >= 4 is 40.6 Å². The molecule has 7 heteroatoms. The van der Waals surface area contributed by atoms with Crippen LogP contribution in [-0.4, -0.2) is 35.8 Å². The summed E-state index contributed by atoms with van der Waals surface area (Å²) in [6.45, 7) is 2.48. The quantitative estimate of drug-likeness (QED) is 0.791. The number of likely N-dealkylation sites (tertiary alicyclic amines) is 1. The maximum atomic E-state index is 12.7. The molecule has 0 spiro atoms. The molecule has 2 aliphatic heterocycles. The molecular formula is C20H20ClN2O3S+. The van der Waals surface area contributed by atoms with Crippen LogP contribution < -0.4 is 4.90 Å². The summed E-state index contributed by atoms with van der Waals surface area (Å²) in [6.07, 6.45) is 5.17. The second-order valence-electron chi connectivity index (χ2n) is 6.76. The van der Waals surface area contributed by atoms with Crippen molar-refractivity contribution in [2.24, 2.45) is 0 Å². The van der Waals surface area contributed by atoms with Gasteiger partial charge in [0.2, 0.25) is 0 Å². The van der Waals surface area contributed by atoms with Gasteiger partial charge in [0.05, 0.1) is 23.0 Å². The molecule has 0 bridgehead atoms. The van der Waals surface area contributed by atoms with Crippen LogP contribution in [0.2, 0.25) is 5.02 Å². The van der Waals surface area contributed by atoms with Crippen molar-refractivity contribution in [1.29, 1.82) is 0 Å². The molecule has 2 saturated heterocycles. The molecule has 2 fully saturated rings. The van der Waals surface area contributed by atoms with Crippen LogP contribution in [-0.2, 0) is 4.79 Å². The Balaban J connectivity index is 1.50. The normalized spacial score (nSPS) is 20.0. The minimum Gasteiger partial charge on any atom is -0.457 e. The second kappa shape index (κ2) is 7.92. The number of imide groups is 1. The molecule has 2 aromatic rings. The number of quaternary nitrogens is 1. The molecule has 0 atom stereocenters. The molecule has 0 aliphatic carbocycles. The molecule has 1 aromatic carbocycles. The van der Waals surface area contributed by atoms with Crippen LogP contribution in [0.4, 0.5) is 4.79 Å². The van der Waals surface area contributed by atoms with Crippen molar-refractivity contribution in [3.63, 3.8) is 0 Å². The summed E-state index contributed by atoms with van der Waals surface area (Å²) >= 11 is 7.18. The van der Waals surface area contributed by atoms with Gasteiger partial charge in [-0.1, -0.05) is 23.7 Å². The Morgan fingerprint density at radius 1 is 1.11 bits per heavy atom. The van der Waals surface area contributed by atoms with Crippen LogP contribution in [0.3, 0.4) is 0 Å². The van der Waals surface area contributed by atoms with E-state index < -0.39 is 0 Å². The average Bonchev–Trinajstić information content (AvgIpc) is 3.23. The van der Waals surface area contributed by atoms with Crippen molar-refractivity contribution in [3.05, 3.63) is 52.1 Å². The summed E-state index contributed by atoms with van der Waals surface area (Å²) in [5.41, 5.74) is 0.792. The Morgan fingerprint density at radius 2 is 1.89 bits per heavy atom. The molecule has 5 nitrogen and oxygen atoms in total. The standard InChI is InChI=1S/C20H19ClN2O3S/c21-16-7-3-2-6-15(16)17-9-8-14(26-17)12-18-19(24)23(20(25)27-18)13-22-10-4-1-5-11-22/h2-3,6-9,12H,1,4-5,10-11,13H2/p+1/b18-12+. The maximum absolute atomic E-state index is 12.7. The number of furan rings is 1. The number of rotatable bonds is 4. The summed E-state index contributed by atoms with van der Waals surface area (Å²) in [5.74, 6) is 0.920. The van der Waals surface area contributed by atoms with Gasteiger partial charge in [-0.25, -0.2) is 4.90 Å². The third-order valence-electron chi connectivity index (χ3n) is 4.86. The van der Waals surface area contributed by atoms with Gasteiger partial charge in [0.15, 0.2) is 6.67 Å². The Bertz CT molecular complexity index is 902. The van der Waals surface area contributed by atoms with Gasteiger partial charge in [-0.3, -0.25) is 9.59 Å². The number of carbonyl (C=O) groups is 2. The van der Waals surface area contributed by atoms with Gasteiger partial charge < -0.3 is 9.32 Å². The Kier molecular flexibility index (Phi) is 5.38. The molecule has 0 unspecified atom stereocenters. The van der Waals surface area contributed by atoms with E-state index in [1.54, 1.807) is 18.2 Å². The van der Waals surface area contributed by atoms with Gasteiger partial charge in [-0.2, -0.15) is 0 Å². The van der Waals surface area contributed by atoms with Gasteiger partial charge in [-0.05, 0) is 55.3 Å². The third-order valence-corrected chi connectivity index (χ3v) is 6.09. The number of nitrogens with one attached hydrogen (secondary N) is 1. The lowest BCUT2D eigenvalue weighted by Gasteiger charge is -2.26. The van der Waals surface area contributed by atoms with Crippen molar-refractivity contribution in [2.75, 3.05) is 19.8 Å². The zero-order valence-corrected chi connectivity index (χ0v) is 16.3. The van der Waals surface area contributed by atoms with E-state index in [4.69, 9.17) is 16.0 Å². The maximum Gasteiger partial charge on any atom is 0.298 e. The average molecular weight is 404 g/mol. The number of halogens is 1. The number of thioether (sulfide) groups is 1. The summed E-state index contributed by atoms with van der Waals surface area (Å²) in [6, 6.07) is 11.0. The molecule has 3 heterocycles. The van der Waals surface area contributed by atoms with Gasteiger partial charge in [0, 0.05) is 11.6 Å². The Labute approximate surface area is 167 Å². The highest BCUT2D eigenvalue weighted by molar-refractivity contribution is 8.18. The molecule has 2 aliphatic rings. The summed E-state index contributed by atoms with van der Waals surface area (Å²) in [4.78, 5) is 28.0. The molecule has 0 radical (unpaired) electrons. The molecule has 27 heavy (non-hydrogen) atoms. The van der Waals surface area contributed by atoms with Crippen LogP contribution in [0.5, 0.6) is 0 Å². The largest absolute Gasteiger partial charge is 0.457 e. The SMILES string of the molecule is O=C1S/C(=C/c2ccc(-c3ccccc3Cl)o2)C(=O)N1C[NH+]1CCCCC1. The number of nitrogens with zero attached hydrogens (tertiary/aromatic N) is 1. The van der Waals surface area contributed by atoms with Crippen molar-refractivity contribution < 1.29 is 18.9 Å². The van der Waals surface area contributed by atoms with Crippen LogP contribution in [0.15, 0.2) is 45.7 Å². The summed E-state index contributed by atoms with van der Waals surface area (Å²) < 4.78 is 5.82. The molecule has 1 aromatic heterocycles. The van der Waals surface area contributed by atoms with Crippen LogP contribution >= 0.6 is 23.4 Å². The van der Waals surface area contributed by atoms with Crippen molar-refractivity contribution in [3.8, 4) is 11.3 Å². The first-order chi connectivity index (χ1) is 13.1. The highest BCUT2D eigenvalue weighted by Crippen LogP contribution is 2.34. The monoisotopic (exact) mass is 403 g/mol. The second-order valence-corrected chi connectivity index (χ2v) is 8.16. The highest BCUT2D eigenvalue weighted by Gasteiger charge is 2.37. The first kappa shape index (κ1) is 18.3. The molecule has 140 valence electrons. The molecule has 4 rings (SSSR count). The smallest absolute Gasteiger partial charge is 0.298 e. The van der Waals surface area contributed by atoms with E-state index in [1.807, 2.05) is 24.3 Å². The molecule has 0 saturated carbocycles. The molecule has 1 N–H and O–H groups in total. The van der Waals surface area contributed by atoms with Gasteiger partial charge in [0.25, 0.3) is 11.1 Å². The zero-order chi connectivity index (χ0) is 18.8. The fourth-order valence-corrected chi connectivity index (χ4v) is 4.48. The minimum atomic E-state index is -0.237. The number of hydrogen-bond acceptors (Lipinski definition) is 4. The van der Waals surface area contributed by atoms with Crippen LogP contribution in [0.1, 0.15) is 25.0 Å². The van der Waals surface area contributed by atoms with E-state index in [0.717, 1.165) is 43.3 Å².